The van der Waals surface area contributed by atoms with Gasteiger partial charge >= 0.3 is 0 Å². The van der Waals surface area contributed by atoms with E-state index in [4.69, 9.17) is 23.1 Å². The molecule has 1 aliphatic carbocycles. The maximum Gasteiger partial charge on any atom is 0.167 e. The maximum atomic E-state index is 11.1. The number of Topliss-reactive ketones (excluding diaryl/α,β-unsaturated/α-hetero) is 1. The van der Waals surface area contributed by atoms with Crippen molar-refractivity contribution in [2.45, 2.75) is 24.3 Å². The molecule has 0 aromatic heterocycles. The molecule has 0 aromatic carbocycles. The molecular weight excluding hydrogens is 164 g/mol. The van der Waals surface area contributed by atoms with E-state index in [0.717, 1.165) is 6.42 Å². The van der Waals surface area contributed by atoms with Crippen molar-refractivity contribution in [3.8, 4) is 0 Å². The lowest BCUT2D eigenvalue weighted by Gasteiger charge is -2.30. The van der Waals surface area contributed by atoms with Crippen LogP contribution in [-0.4, -0.2) is 17.3 Å². The third-order valence-electron chi connectivity index (χ3n) is 2.16. The lowest BCUT2D eigenvalue weighted by molar-refractivity contribution is -0.123. The minimum atomic E-state index is -1.14. The first kappa shape index (κ1) is 8.97. The molecule has 1 aliphatic rings. The molecular formula is C7H13ClN2O. The summed E-state index contributed by atoms with van der Waals surface area (Å²) in [6.07, 6.45) is 1.83. The Balaban J connectivity index is 2.59. The van der Waals surface area contributed by atoms with Crippen molar-refractivity contribution in [2.24, 2.45) is 17.4 Å². The van der Waals surface area contributed by atoms with Crippen LogP contribution in [0.1, 0.15) is 19.3 Å². The van der Waals surface area contributed by atoms with Crippen LogP contribution in [0.25, 0.3) is 0 Å². The molecule has 2 unspecified atom stereocenters. The first-order chi connectivity index (χ1) is 5.06. The van der Waals surface area contributed by atoms with E-state index in [1.807, 2.05) is 0 Å². The average molecular weight is 177 g/mol. The monoisotopic (exact) mass is 176 g/mol. The minimum absolute atomic E-state index is 0.0520. The van der Waals surface area contributed by atoms with E-state index in [1.54, 1.807) is 0 Å². The first-order valence-electron chi connectivity index (χ1n) is 3.77. The van der Waals surface area contributed by atoms with E-state index in [2.05, 4.69) is 0 Å². The number of hydrogen-bond acceptors (Lipinski definition) is 3. The molecule has 11 heavy (non-hydrogen) atoms. The molecule has 4 heteroatoms. The zero-order chi connectivity index (χ0) is 8.48. The summed E-state index contributed by atoms with van der Waals surface area (Å²) in [5, 5.41) is 0. The third kappa shape index (κ3) is 1.92. The van der Waals surface area contributed by atoms with Crippen molar-refractivity contribution in [1.29, 1.82) is 0 Å². The van der Waals surface area contributed by atoms with E-state index in [0.29, 0.717) is 25.3 Å². The summed E-state index contributed by atoms with van der Waals surface area (Å²) in [6, 6.07) is 0. The van der Waals surface area contributed by atoms with Gasteiger partial charge < -0.3 is 11.5 Å². The number of ketones is 1. The molecule has 0 bridgehead atoms. The second kappa shape index (κ2) is 3.09. The highest BCUT2D eigenvalue weighted by atomic mass is 35.5. The van der Waals surface area contributed by atoms with E-state index in [9.17, 15) is 4.79 Å². The van der Waals surface area contributed by atoms with Gasteiger partial charge in [0.05, 0.1) is 0 Å². The van der Waals surface area contributed by atoms with Crippen LogP contribution in [0.2, 0.25) is 0 Å². The fourth-order valence-corrected chi connectivity index (χ4v) is 1.69. The maximum absolute atomic E-state index is 11.1. The predicted octanol–water partition coefficient (Wildman–Crippen LogP) is 0.208. The molecule has 1 saturated carbocycles. The van der Waals surface area contributed by atoms with Gasteiger partial charge in [-0.2, -0.15) is 0 Å². The Labute approximate surface area is 71.1 Å². The van der Waals surface area contributed by atoms with Crippen LogP contribution >= 0.6 is 11.6 Å². The number of nitrogens with two attached hydrogens (primary N) is 2. The van der Waals surface area contributed by atoms with Gasteiger partial charge in [0.15, 0.2) is 10.8 Å². The summed E-state index contributed by atoms with van der Waals surface area (Å²) >= 11 is 5.77. The molecule has 0 aromatic rings. The van der Waals surface area contributed by atoms with E-state index in [-0.39, 0.29) is 5.78 Å². The molecule has 4 N–H and O–H groups in total. The predicted molar refractivity (Wildman–Crippen MR) is 44.2 cm³/mol. The van der Waals surface area contributed by atoms with Crippen LogP contribution in [0.4, 0.5) is 0 Å². The highest BCUT2D eigenvalue weighted by Crippen LogP contribution is 2.29. The zero-order valence-corrected chi connectivity index (χ0v) is 7.10. The van der Waals surface area contributed by atoms with Crippen LogP contribution < -0.4 is 11.5 Å². The second-order valence-corrected chi connectivity index (χ2v) is 3.80. The molecule has 0 radical (unpaired) electrons. The molecule has 0 amide bonds. The molecule has 0 aliphatic heterocycles. The molecule has 3 nitrogen and oxygen atoms in total. The van der Waals surface area contributed by atoms with Crippen molar-refractivity contribution in [3.63, 3.8) is 0 Å². The zero-order valence-electron chi connectivity index (χ0n) is 6.35. The van der Waals surface area contributed by atoms with Gasteiger partial charge in [-0.05, 0) is 25.3 Å². The third-order valence-corrected chi connectivity index (χ3v) is 2.53. The standard InChI is InChI=1S/C7H13ClN2O/c8-7(10)3-5(4-9)1-2-6(7)11/h5H,1-4,9-10H2. The number of carbonyl (C=O) groups excluding carboxylic acids is 1. The Hall–Kier alpha value is -0.120. The van der Waals surface area contributed by atoms with Gasteiger partial charge in [0.1, 0.15) is 0 Å². The van der Waals surface area contributed by atoms with Gasteiger partial charge in [-0.1, -0.05) is 11.6 Å². The van der Waals surface area contributed by atoms with Gasteiger partial charge in [-0.3, -0.25) is 4.79 Å². The van der Waals surface area contributed by atoms with Gasteiger partial charge in [0.25, 0.3) is 0 Å². The van der Waals surface area contributed by atoms with Gasteiger partial charge in [-0.15, -0.1) is 0 Å². The minimum Gasteiger partial charge on any atom is -0.330 e. The molecule has 0 spiro atoms. The largest absolute Gasteiger partial charge is 0.330 e. The molecule has 1 fully saturated rings. The summed E-state index contributed by atoms with van der Waals surface area (Å²) in [5.41, 5.74) is 11.0. The molecule has 0 saturated heterocycles. The van der Waals surface area contributed by atoms with Crippen molar-refractivity contribution < 1.29 is 4.79 Å². The Bertz CT molecular complexity index is 170. The lowest BCUT2D eigenvalue weighted by atomic mass is 9.85. The fraction of sp³-hybridized carbons (Fsp3) is 0.857. The number of hydrogen-bond donors (Lipinski definition) is 2. The van der Waals surface area contributed by atoms with Gasteiger partial charge in [-0.25, -0.2) is 0 Å². The highest BCUT2D eigenvalue weighted by molar-refractivity contribution is 6.34. The van der Waals surface area contributed by atoms with Crippen LogP contribution in [0.15, 0.2) is 0 Å². The summed E-state index contributed by atoms with van der Waals surface area (Å²) in [4.78, 5) is 9.94. The van der Waals surface area contributed by atoms with Crippen molar-refractivity contribution >= 4 is 17.4 Å². The normalized spacial score (nSPS) is 39.2. The number of rotatable bonds is 1. The SMILES string of the molecule is NCC1CCC(=O)C(N)(Cl)C1. The molecule has 1 rings (SSSR count). The van der Waals surface area contributed by atoms with Crippen LogP contribution in [-0.2, 0) is 4.79 Å². The molecule has 0 heterocycles. The van der Waals surface area contributed by atoms with Crippen LogP contribution in [0.5, 0.6) is 0 Å². The summed E-state index contributed by atoms with van der Waals surface area (Å²) in [6.45, 7) is 0.568. The highest BCUT2D eigenvalue weighted by Gasteiger charge is 2.37. The van der Waals surface area contributed by atoms with Gasteiger partial charge in [0.2, 0.25) is 0 Å². The fourth-order valence-electron chi connectivity index (χ4n) is 1.38. The first-order valence-corrected chi connectivity index (χ1v) is 4.15. The Morgan fingerprint density at radius 3 is 2.82 bits per heavy atom. The summed E-state index contributed by atoms with van der Waals surface area (Å²) in [7, 11) is 0. The van der Waals surface area contributed by atoms with Crippen LogP contribution in [0, 0.1) is 5.92 Å². The average Bonchev–Trinajstić information content (AvgIpc) is 1.95. The summed E-state index contributed by atoms with van der Waals surface area (Å²) in [5.74, 6) is 0.263. The molecule has 2 atom stereocenters. The Kier molecular flexibility index (Phi) is 2.52. The number of carbonyl (C=O) groups is 1. The number of alkyl halides is 1. The molecule has 64 valence electrons. The van der Waals surface area contributed by atoms with Crippen LogP contribution in [0.3, 0.4) is 0 Å². The van der Waals surface area contributed by atoms with E-state index >= 15 is 0 Å². The quantitative estimate of drug-likeness (QED) is 0.443. The van der Waals surface area contributed by atoms with E-state index in [1.165, 1.54) is 0 Å². The van der Waals surface area contributed by atoms with Crippen molar-refractivity contribution in [1.82, 2.24) is 0 Å². The Morgan fingerprint density at radius 2 is 2.36 bits per heavy atom. The smallest absolute Gasteiger partial charge is 0.167 e. The Morgan fingerprint density at radius 1 is 1.73 bits per heavy atom. The van der Waals surface area contributed by atoms with Gasteiger partial charge in [0, 0.05) is 6.42 Å². The lowest BCUT2D eigenvalue weighted by Crippen LogP contribution is -2.48. The van der Waals surface area contributed by atoms with Crippen molar-refractivity contribution in [2.75, 3.05) is 6.54 Å². The van der Waals surface area contributed by atoms with Crippen molar-refractivity contribution in [3.05, 3.63) is 0 Å². The second-order valence-electron chi connectivity index (χ2n) is 3.13. The summed E-state index contributed by atoms with van der Waals surface area (Å²) < 4.78 is 0. The van der Waals surface area contributed by atoms with E-state index < -0.39 is 5.00 Å². The topological polar surface area (TPSA) is 69.1 Å². The number of halogens is 1.